The van der Waals surface area contributed by atoms with Crippen LogP contribution in [-0.2, 0) is 4.74 Å². The number of rotatable bonds is 3. The first-order chi connectivity index (χ1) is 7.06. The highest BCUT2D eigenvalue weighted by Gasteiger charge is 2.17. The van der Waals surface area contributed by atoms with Crippen LogP contribution in [0.25, 0.3) is 0 Å². The summed E-state index contributed by atoms with van der Waals surface area (Å²) in [6.45, 7) is 5.11. The first-order valence-electron chi connectivity index (χ1n) is 4.37. The summed E-state index contributed by atoms with van der Waals surface area (Å²) >= 11 is 0. The van der Waals surface area contributed by atoms with Gasteiger partial charge in [0, 0.05) is 0 Å². The minimum absolute atomic E-state index is 0.0333. The Morgan fingerprint density at radius 1 is 1.47 bits per heavy atom. The molecule has 0 aliphatic rings. The number of carbonyl (C=O) groups excluding carboxylic acids is 1. The molecule has 0 unspecified atom stereocenters. The van der Waals surface area contributed by atoms with Crippen molar-refractivity contribution >= 4 is 5.97 Å². The van der Waals surface area contributed by atoms with E-state index < -0.39 is 5.97 Å². The molecule has 15 heavy (non-hydrogen) atoms. The molecular formula is C11H12O4. The van der Waals surface area contributed by atoms with E-state index in [1.54, 1.807) is 6.92 Å². The second kappa shape index (κ2) is 4.50. The topological polar surface area (TPSA) is 66.8 Å². The second-order valence-corrected chi connectivity index (χ2v) is 3.07. The van der Waals surface area contributed by atoms with Gasteiger partial charge >= 0.3 is 5.97 Å². The van der Waals surface area contributed by atoms with Gasteiger partial charge in [0.25, 0.3) is 0 Å². The fraction of sp³-hybridized carbons (Fsp3) is 0.182. The van der Waals surface area contributed by atoms with E-state index in [0.717, 1.165) is 0 Å². The lowest BCUT2D eigenvalue weighted by molar-refractivity contribution is 0.0543. The Labute approximate surface area is 87.4 Å². The molecule has 0 fully saturated rings. The van der Waals surface area contributed by atoms with E-state index in [2.05, 4.69) is 6.58 Å². The molecule has 1 aromatic rings. The van der Waals surface area contributed by atoms with Gasteiger partial charge in [0.15, 0.2) is 0 Å². The molecule has 0 spiro atoms. The molecule has 0 heterocycles. The van der Waals surface area contributed by atoms with E-state index >= 15 is 0 Å². The zero-order chi connectivity index (χ0) is 11.4. The quantitative estimate of drug-likeness (QED) is 0.586. The largest absolute Gasteiger partial charge is 0.507 e. The Hall–Kier alpha value is -1.97. The van der Waals surface area contributed by atoms with Gasteiger partial charge in [-0.25, -0.2) is 4.79 Å². The Balaban J connectivity index is 3.03. The second-order valence-electron chi connectivity index (χ2n) is 3.07. The lowest BCUT2D eigenvalue weighted by Gasteiger charge is -2.07. The monoisotopic (exact) mass is 208 g/mol. The molecule has 4 nitrogen and oxygen atoms in total. The van der Waals surface area contributed by atoms with Gasteiger partial charge in [-0.1, -0.05) is 12.7 Å². The van der Waals surface area contributed by atoms with Crippen LogP contribution in [0.15, 0.2) is 24.8 Å². The number of aromatic hydroxyl groups is 2. The Kier molecular flexibility index (Phi) is 3.33. The third kappa shape index (κ3) is 2.49. The van der Waals surface area contributed by atoms with Crippen LogP contribution in [0.2, 0.25) is 0 Å². The summed E-state index contributed by atoms with van der Waals surface area (Å²) in [5, 5.41) is 18.9. The van der Waals surface area contributed by atoms with E-state index in [1.807, 2.05) is 0 Å². The smallest absolute Gasteiger partial charge is 0.346 e. The molecule has 0 amide bonds. The average molecular weight is 208 g/mol. The molecule has 0 aromatic heterocycles. The zero-order valence-corrected chi connectivity index (χ0v) is 8.36. The fourth-order valence-electron chi connectivity index (χ4n) is 1.16. The van der Waals surface area contributed by atoms with Crippen molar-refractivity contribution in [3.63, 3.8) is 0 Å². The first-order valence-corrected chi connectivity index (χ1v) is 4.37. The molecule has 0 bridgehead atoms. The maximum absolute atomic E-state index is 11.4. The van der Waals surface area contributed by atoms with E-state index in [0.29, 0.717) is 5.56 Å². The molecule has 0 radical (unpaired) electrons. The third-order valence-corrected chi connectivity index (χ3v) is 1.78. The maximum Gasteiger partial charge on any atom is 0.346 e. The summed E-state index contributed by atoms with van der Waals surface area (Å²) in [4.78, 5) is 11.4. The molecule has 0 atom stereocenters. The highest BCUT2D eigenvalue weighted by Crippen LogP contribution is 2.29. The van der Waals surface area contributed by atoms with Gasteiger partial charge in [-0.15, -0.1) is 0 Å². The van der Waals surface area contributed by atoms with Crippen LogP contribution < -0.4 is 0 Å². The van der Waals surface area contributed by atoms with Gasteiger partial charge in [0.2, 0.25) is 0 Å². The van der Waals surface area contributed by atoms with E-state index in [9.17, 15) is 15.0 Å². The van der Waals surface area contributed by atoms with Crippen molar-refractivity contribution in [2.24, 2.45) is 0 Å². The van der Waals surface area contributed by atoms with Crippen LogP contribution in [0.4, 0.5) is 0 Å². The van der Waals surface area contributed by atoms with Crippen molar-refractivity contribution in [1.29, 1.82) is 0 Å². The third-order valence-electron chi connectivity index (χ3n) is 1.78. The SMILES string of the molecule is C=CCOC(=O)c1c(O)cc(C)cc1O. The normalized spacial score (nSPS) is 9.67. The lowest BCUT2D eigenvalue weighted by atomic mass is 10.1. The van der Waals surface area contributed by atoms with Crippen molar-refractivity contribution in [2.75, 3.05) is 6.61 Å². The Bertz CT molecular complexity index is 373. The molecule has 1 aromatic carbocycles. The van der Waals surface area contributed by atoms with Crippen molar-refractivity contribution in [3.8, 4) is 11.5 Å². The van der Waals surface area contributed by atoms with Crippen LogP contribution in [0.1, 0.15) is 15.9 Å². The Morgan fingerprint density at radius 3 is 2.47 bits per heavy atom. The summed E-state index contributed by atoms with van der Waals surface area (Å²) < 4.78 is 4.70. The van der Waals surface area contributed by atoms with Crippen LogP contribution in [0.5, 0.6) is 11.5 Å². The van der Waals surface area contributed by atoms with Crippen molar-refractivity contribution in [1.82, 2.24) is 0 Å². The van der Waals surface area contributed by atoms with Crippen molar-refractivity contribution < 1.29 is 19.7 Å². The predicted molar refractivity (Wildman–Crippen MR) is 55.0 cm³/mol. The molecule has 80 valence electrons. The number of carbonyl (C=O) groups is 1. The number of esters is 1. The van der Waals surface area contributed by atoms with Crippen LogP contribution in [0.3, 0.4) is 0 Å². The number of hydrogen-bond donors (Lipinski definition) is 2. The summed E-state index contributed by atoms with van der Waals surface area (Å²) in [7, 11) is 0. The van der Waals surface area contributed by atoms with Gasteiger partial charge in [-0.05, 0) is 24.6 Å². The summed E-state index contributed by atoms with van der Waals surface area (Å²) in [6.07, 6.45) is 1.40. The van der Waals surface area contributed by atoms with Gasteiger partial charge in [-0.3, -0.25) is 0 Å². The average Bonchev–Trinajstić information content (AvgIpc) is 2.12. The molecule has 1 rings (SSSR count). The van der Waals surface area contributed by atoms with E-state index in [1.165, 1.54) is 18.2 Å². The number of phenolic OH excluding ortho intramolecular Hbond substituents is 2. The number of benzene rings is 1. The number of aryl methyl sites for hydroxylation is 1. The van der Waals surface area contributed by atoms with E-state index in [4.69, 9.17) is 4.74 Å². The van der Waals surface area contributed by atoms with Crippen LogP contribution >= 0.6 is 0 Å². The number of hydrogen-bond acceptors (Lipinski definition) is 4. The first kappa shape index (κ1) is 11.1. The number of phenols is 2. The predicted octanol–water partition coefficient (Wildman–Crippen LogP) is 1.75. The van der Waals surface area contributed by atoms with Crippen LogP contribution in [0, 0.1) is 6.92 Å². The summed E-state index contributed by atoms with van der Waals surface area (Å²) in [5.74, 6) is -1.35. The lowest BCUT2D eigenvalue weighted by Crippen LogP contribution is -2.05. The van der Waals surface area contributed by atoms with Crippen molar-refractivity contribution in [2.45, 2.75) is 6.92 Å². The highest BCUT2D eigenvalue weighted by molar-refractivity contribution is 5.95. The van der Waals surface area contributed by atoms with Crippen molar-refractivity contribution in [3.05, 3.63) is 35.9 Å². The zero-order valence-electron chi connectivity index (χ0n) is 8.36. The van der Waals surface area contributed by atoms with E-state index in [-0.39, 0.29) is 23.7 Å². The Morgan fingerprint density at radius 2 is 2.00 bits per heavy atom. The summed E-state index contributed by atoms with van der Waals surface area (Å²) in [5.41, 5.74) is 0.438. The maximum atomic E-state index is 11.4. The molecular weight excluding hydrogens is 196 g/mol. The van der Waals surface area contributed by atoms with Crippen LogP contribution in [-0.4, -0.2) is 22.8 Å². The molecule has 0 aliphatic carbocycles. The van der Waals surface area contributed by atoms with Gasteiger partial charge in [0.1, 0.15) is 23.7 Å². The molecule has 2 N–H and O–H groups in total. The minimum atomic E-state index is -0.773. The molecule has 0 saturated carbocycles. The summed E-state index contributed by atoms with van der Waals surface area (Å²) in [6, 6.07) is 2.76. The fourth-order valence-corrected chi connectivity index (χ4v) is 1.16. The van der Waals surface area contributed by atoms with Gasteiger partial charge in [-0.2, -0.15) is 0 Å². The molecule has 4 heteroatoms. The minimum Gasteiger partial charge on any atom is -0.507 e. The number of ether oxygens (including phenoxy) is 1. The highest BCUT2D eigenvalue weighted by atomic mass is 16.5. The standard InChI is InChI=1S/C11H12O4/c1-3-4-15-11(14)10-8(12)5-7(2)6-9(10)13/h3,5-6,12-13H,1,4H2,2H3. The molecule has 0 aliphatic heterocycles. The molecule has 0 saturated heterocycles. The van der Waals surface area contributed by atoms with Gasteiger partial charge in [0.05, 0.1) is 0 Å². The van der Waals surface area contributed by atoms with Gasteiger partial charge < -0.3 is 14.9 Å².